The number of rotatable bonds is 2. The molecular weight excluding hydrogens is 226 g/mol. The van der Waals surface area contributed by atoms with Gasteiger partial charge in [-0.1, -0.05) is 0 Å². The number of aromatic nitrogens is 4. The summed E-state index contributed by atoms with van der Waals surface area (Å²) in [5.74, 6) is 2.27. The second-order valence-corrected chi connectivity index (χ2v) is 4.69. The Morgan fingerprint density at radius 1 is 1.39 bits per heavy atom. The number of aryl methyl sites for hydroxylation is 1. The van der Waals surface area contributed by atoms with Gasteiger partial charge in [0.25, 0.3) is 0 Å². The molecule has 18 heavy (non-hydrogen) atoms. The fraction of sp³-hybridized carbons (Fsp3) is 0.462. The van der Waals surface area contributed by atoms with Crippen molar-refractivity contribution in [2.24, 2.45) is 0 Å². The Kier molecular flexibility index (Phi) is 3.06. The first-order chi connectivity index (χ1) is 8.84. The Morgan fingerprint density at radius 3 is 3.06 bits per heavy atom. The van der Waals surface area contributed by atoms with Gasteiger partial charge < -0.3 is 5.32 Å². The van der Waals surface area contributed by atoms with Gasteiger partial charge >= 0.3 is 0 Å². The zero-order valence-electron chi connectivity index (χ0n) is 10.5. The van der Waals surface area contributed by atoms with E-state index in [9.17, 15) is 0 Å². The van der Waals surface area contributed by atoms with Crippen LogP contribution < -0.4 is 5.32 Å². The second kappa shape index (κ2) is 4.86. The van der Waals surface area contributed by atoms with Crippen molar-refractivity contribution in [3.63, 3.8) is 0 Å². The van der Waals surface area contributed by atoms with Crippen molar-refractivity contribution in [1.82, 2.24) is 24.8 Å². The summed E-state index contributed by atoms with van der Waals surface area (Å²) in [4.78, 5) is 13.3. The largest absolute Gasteiger partial charge is 0.316 e. The molecule has 3 rings (SSSR count). The Bertz CT molecular complexity index is 528. The second-order valence-electron chi connectivity index (χ2n) is 4.69. The van der Waals surface area contributed by atoms with E-state index in [0.717, 1.165) is 30.4 Å². The number of nitrogens with one attached hydrogen (secondary N) is 1. The van der Waals surface area contributed by atoms with Gasteiger partial charge in [-0.3, -0.25) is 9.55 Å². The molecule has 2 aromatic heterocycles. The van der Waals surface area contributed by atoms with Gasteiger partial charge in [-0.05, 0) is 26.3 Å². The lowest BCUT2D eigenvalue weighted by Gasteiger charge is -2.22. The maximum Gasteiger partial charge on any atom is 0.156 e. The molecule has 5 heteroatoms. The van der Waals surface area contributed by atoms with Crippen molar-refractivity contribution < 1.29 is 0 Å². The van der Waals surface area contributed by atoms with Gasteiger partial charge in [0, 0.05) is 31.1 Å². The number of piperidine rings is 1. The standard InChI is InChI=1S/C13H17N5/c1-10-16-5-6-18(10)13-9-15-8-12(17-13)11-3-2-4-14-7-11/h5-6,8-9,11,14H,2-4,7H2,1H3/t11-/m1/s1. The lowest BCUT2D eigenvalue weighted by atomic mass is 9.96. The van der Waals surface area contributed by atoms with Crippen LogP contribution in [0.4, 0.5) is 0 Å². The first-order valence-corrected chi connectivity index (χ1v) is 6.37. The topological polar surface area (TPSA) is 55.6 Å². The van der Waals surface area contributed by atoms with E-state index in [-0.39, 0.29) is 0 Å². The number of hydrogen-bond acceptors (Lipinski definition) is 4. The van der Waals surface area contributed by atoms with Crippen LogP contribution in [0.3, 0.4) is 0 Å². The predicted octanol–water partition coefficient (Wildman–Crippen LogP) is 1.44. The number of nitrogens with zero attached hydrogens (tertiary/aromatic N) is 4. The van der Waals surface area contributed by atoms with Crippen LogP contribution in [0, 0.1) is 6.92 Å². The van der Waals surface area contributed by atoms with Crippen LogP contribution in [0.5, 0.6) is 0 Å². The minimum absolute atomic E-state index is 0.482. The molecule has 1 atom stereocenters. The maximum absolute atomic E-state index is 4.72. The molecular formula is C13H17N5. The zero-order chi connectivity index (χ0) is 12.4. The average molecular weight is 243 g/mol. The van der Waals surface area contributed by atoms with Crippen molar-refractivity contribution in [3.05, 3.63) is 36.3 Å². The third-order valence-corrected chi connectivity index (χ3v) is 3.43. The summed E-state index contributed by atoms with van der Waals surface area (Å²) in [5.41, 5.74) is 1.08. The normalized spacial score (nSPS) is 19.9. The van der Waals surface area contributed by atoms with Gasteiger partial charge in [0.2, 0.25) is 0 Å². The third kappa shape index (κ3) is 2.13. The molecule has 1 aliphatic heterocycles. The minimum atomic E-state index is 0.482. The van der Waals surface area contributed by atoms with Crippen LogP contribution in [0.15, 0.2) is 24.8 Å². The number of hydrogen-bond donors (Lipinski definition) is 1. The Morgan fingerprint density at radius 2 is 2.33 bits per heavy atom. The van der Waals surface area contributed by atoms with E-state index in [0.29, 0.717) is 5.92 Å². The van der Waals surface area contributed by atoms with E-state index in [1.54, 1.807) is 12.4 Å². The van der Waals surface area contributed by atoms with Crippen molar-refractivity contribution in [3.8, 4) is 5.82 Å². The Balaban J connectivity index is 1.91. The highest BCUT2D eigenvalue weighted by Gasteiger charge is 2.17. The molecule has 0 spiro atoms. The summed E-state index contributed by atoms with van der Waals surface area (Å²) in [7, 11) is 0. The molecule has 2 aromatic rings. The summed E-state index contributed by atoms with van der Waals surface area (Å²) < 4.78 is 1.97. The van der Waals surface area contributed by atoms with Crippen molar-refractivity contribution in [2.75, 3.05) is 13.1 Å². The lowest BCUT2D eigenvalue weighted by molar-refractivity contribution is 0.453. The molecule has 1 saturated heterocycles. The summed E-state index contributed by atoms with van der Waals surface area (Å²) in [6.07, 6.45) is 9.77. The van der Waals surface area contributed by atoms with Crippen LogP contribution in [-0.2, 0) is 0 Å². The lowest BCUT2D eigenvalue weighted by Crippen LogP contribution is -2.29. The van der Waals surface area contributed by atoms with Crippen molar-refractivity contribution in [1.29, 1.82) is 0 Å². The van der Waals surface area contributed by atoms with Crippen LogP contribution in [0.25, 0.3) is 5.82 Å². The van der Waals surface area contributed by atoms with Gasteiger partial charge in [-0.25, -0.2) is 9.97 Å². The summed E-state index contributed by atoms with van der Waals surface area (Å²) in [5, 5.41) is 3.41. The van der Waals surface area contributed by atoms with Gasteiger partial charge in [0.05, 0.1) is 11.9 Å². The zero-order valence-corrected chi connectivity index (χ0v) is 10.5. The molecule has 1 aliphatic rings. The number of imidazole rings is 1. The van der Waals surface area contributed by atoms with E-state index in [1.165, 1.54) is 12.8 Å². The molecule has 1 N–H and O–H groups in total. The first-order valence-electron chi connectivity index (χ1n) is 6.37. The van der Waals surface area contributed by atoms with Gasteiger partial charge in [0.15, 0.2) is 5.82 Å². The summed E-state index contributed by atoms with van der Waals surface area (Å²) >= 11 is 0. The fourth-order valence-electron chi connectivity index (χ4n) is 2.41. The fourth-order valence-corrected chi connectivity index (χ4v) is 2.41. The SMILES string of the molecule is Cc1nccn1-c1cncc([C@@H]2CCCNC2)n1. The molecule has 0 aromatic carbocycles. The Labute approximate surface area is 106 Å². The molecule has 94 valence electrons. The van der Waals surface area contributed by atoms with E-state index >= 15 is 0 Å². The quantitative estimate of drug-likeness (QED) is 0.867. The van der Waals surface area contributed by atoms with Crippen LogP contribution >= 0.6 is 0 Å². The van der Waals surface area contributed by atoms with E-state index in [1.807, 2.05) is 23.9 Å². The van der Waals surface area contributed by atoms with Gasteiger partial charge in [0.1, 0.15) is 5.82 Å². The minimum Gasteiger partial charge on any atom is -0.316 e. The van der Waals surface area contributed by atoms with Crippen LogP contribution in [-0.4, -0.2) is 32.6 Å². The molecule has 0 saturated carbocycles. The third-order valence-electron chi connectivity index (χ3n) is 3.43. The first kappa shape index (κ1) is 11.3. The van der Waals surface area contributed by atoms with Gasteiger partial charge in [-0.2, -0.15) is 0 Å². The molecule has 5 nitrogen and oxygen atoms in total. The van der Waals surface area contributed by atoms with Crippen molar-refractivity contribution >= 4 is 0 Å². The average Bonchev–Trinajstić information content (AvgIpc) is 2.86. The highest BCUT2D eigenvalue weighted by molar-refractivity contribution is 5.23. The monoisotopic (exact) mass is 243 g/mol. The van der Waals surface area contributed by atoms with Crippen LogP contribution in [0.2, 0.25) is 0 Å². The molecule has 1 fully saturated rings. The highest BCUT2D eigenvalue weighted by Crippen LogP contribution is 2.21. The smallest absolute Gasteiger partial charge is 0.156 e. The van der Waals surface area contributed by atoms with Gasteiger partial charge in [-0.15, -0.1) is 0 Å². The predicted molar refractivity (Wildman–Crippen MR) is 68.7 cm³/mol. The van der Waals surface area contributed by atoms with E-state index in [4.69, 9.17) is 4.98 Å². The molecule has 0 aliphatic carbocycles. The highest BCUT2D eigenvalue weighted by atomic mass is 15.1. The summed E-state index contributed by atoms with van der Waals surface area (Å²) in [6, 6.07) is 0. The van der Waals surface area contributed by atoms with Crippen LogP contribution in [0.1, 0.15) is 30.3 Å². The van der Waals surface area contributed by atoms with E-state index < -0.39 is 0 Å². The molecule has 0 unspecified atom stereocenters. The Hall–Kier alpha value is -1.75. The summed E-state index contributed by atoms with van der Waals surface area (Å²) in [6.45, 7) is 4.09. The molecule has 0 radical (unpaired) electrons. The molecule has 0 bridgehead atoms. The van der Waals surface area contributed by atoms with Crippen molar-refractivity contribution in [2.45, 2.75) is 25.7 Å². The maximum atomic E-state index is 4.72. The molecule has 0 amide bonds. The van der Waals surface area contributed by atoms with E-state index in [2.05, 4.69) is 15.3 Å². The molecule has 3 heterocycles.